The maximum atomic E-state index is 10.6. The van der Waals surface area contributed by atoms with Crippen molar-refractivity contribution in [2.75, 3.05) is 13.2 Å². The van der Waals surface area contributed by atoms with E-state index in [1.807, 2.05) is 30.3 Å². The van der Waals surface area contributed by atoms with Gasteiger partial charge in [-0.3, -0.25) is 9.78 Å². The molecule has 0 amide bonds. The SMILES string of the molecule is CC(=O)OCCCOc1cccc2cccnc12. The van der Waals surface area contributed by atoms with Gasteiger partial charge in [0.15, 0.2) is 0 Å². The first-order chi connectivity index (χ1) is 8.77. The fourth-order valence-corrected chi connectivity index (χ4v) is 1.65. The molecule has 1 aromatic carbocycles. The van der Waals surface area contributed by atoms with Gasteiger partial charge in [0.25, 0.3) is 0 Å². The number of carbonyl (C=O) groups is 1. The lowest BCUT2D eigenvalue weighted by Gasteiger charge is -2.08. The largest absolute Gasteiger partial charge is 0.491 e. The summed E-state index contributed by atoms with van der Waals surface area (Å²) >= 11 is 0. The molecular formula is C14H15NO3. The van der Waals surface area contributed by atoms with Crippen LogP contribution in [0.1, 0.15) is 13.3 Å². The molecule has 94 valence electrons. The van der Waals surface area contributed by atoms with Crippen LogP contribution in [0.5, 0.6) is 5.75 Å². The number of fused-ring (bicyclic) bond motifs is 1. The third-order valence-corrected chi connectivity index (χ3v) is 2.45. The van der Waals surface area contributed by atoms with Crippen molar-refractivity contribution in [3.63, 3.8) is 0 Å². The van der Waals surface area contributed by atoms with Gasteiger partial charge in [-0.05, 0) is 12.1 Å². The second-order valence-corrected chi connectivity index (χ2v) is 3.87. The number of pyridine rings is 1. The molecule has 18 heavy (non-hydrogen) atoms. The summed E-state index contributed by atoms with van der Waals surface area (Å²) in [7, 11) is 0. The lowest BCUT2D eigenvalue weighted by atomic mass is 10.2. The van der Waals surface area contributed by atoms with Crippen LogP contribution in [0.3, 0.4) is 0 Å². The Labute approximate surface area is 106 Å². The van der Waals surface area contributed by atoms with E-state index >= 15 is 0 Å². The van der Waals surface area contributed by atoms with E-state index in [2.05, 4.69) is 4.98 Å². The van der Waals surface area contributed by atoms with Crippen molar-refractivity contribution in [2.45, 2.75) is 13.3 Å². The Kier molecular flexibility index (Phi) is 4.12. The molecule has 0 atom stereocenters. The summed E-state index contributed by atoms with van der Waals surface area (Å²) in [5.74, 6) is 0.498. The van der Waals surface area contributed by atoms with Crippen molar-refractivity contribution < 1.29 is 14.3 Å². The van der Waals surface area contributed by atoms with Gasteiger partial charge in [-0.15, -0.1) is 0 Å². The fourth-order valence-electron chi connectivity index (χ4n) is 1.65. The summed E-state index contributed by atoms with van der Waals surface area (Å²) in [4.78, 5) is 14.9. The zero-order valence-electron chi connectivity index (χ0n) is 10.3. The van der Waals surface area contributed by atoms with Crippen molar-refractivity contribution in [1.82, 2.24) is 4.98 Å². The number of benzene rings is 1. The lowest BCUT2D eigenvalue weighted by Crippen LogP contribution is -2.06. The van der Waals surface area contributed by atoms with Crippen molar-refractivity contribution in [3.05, 3.63) is 36.5 Å². The number of hydrogen-bond donors (Lipinski definition) is 0. The molecule has 0 radical (unpaired) electrons. The van der Waals surface area contributed by atoms with Crippen LogP contribution in [0.15, 0.2) is 36.5 Å². The molecule has 0 fully saturated rings. The molecule has 0 unspecified atom stereocenters. The molecule has 0 saturated heterocycles. The molecule has 0 aliphatic rings. The second kappa shape index (κ2) is 6.00. The Hall–Kier alpha value is -2.10. The average Bonchev–Trinajstić information content (AvgIpc) is 2.38. The molecule has 1 aromatic heterocycles. The summed E-state index contributed by atoms with van der Waals surface area (Å²) in [6.45, 7) is 2.28. The van der Waals surface area contributed by atoms with Gasteiger partial charge in [0.1, 0.15) is 11.3 Å². The highest BCUT2D eigenvalue weighted by molar-refractivity contribution is 5.84. The first-order valence-corrected chi connectivity index (χ1v) is 5.87. The Morgan fingerprint density at radius 1 is 1.22 bits per heavy atom. The number of nitrogens with zero attached hydrogens (tertiary/aromatic N) is 1. The number of rotatable bonds is 5. The molecule has 4 heteroatoms. The molecule has 0 aliphatic heterocycles. The smallest absolute Gasteiger partial charge is 0.302 e. The average molecular weight is 245 g/mol. The monoisotopic (exact) mass is 245 g/mol. The van der Waals surface area contributed by atoms with E-state index in [0.717, 1.165) is 16.7 Å². The van der Waals surface area contributed by atoms with Gasteiger partial charge in [-0.2, -0.15) is 0 Å². The molecule has 0 aliphatic carbocycles. The number of hydrogen-bond acceptors (Lipinski definition) is 4. The Morgan fingerprint density at radius 3 is 2.89 bits per heavy atom. The van der Waals surface area contributed by atoms with Crippen LogP contribution in [0, 0.1) is 0 Å². The number of esters is 1. The zero-order valence-corrected chi connectivity index (χ0v) is 10.3. The van der Waals surface area contributed by atoms with Crippen LogP contribution in [0.4, 0.5) is 0 Å². The van der Waals surface area contributed by atoms with E-state index in [0.29, 0.717) is 19.6 Å². The van der Waals surface area contributed by atoms with E-state index < -0.39 is 0 Å². The second-order valence-electron chi connectivity index (χ2n) is 3.87. The molecule has 0 N–H and O–H groups in total. The van der Waals surface area contributed by atoms with Gasteiger partial charge in [-0.1, -0.05) is 18.2 Å². The lowest BCUT2D eigenvalue weighted by molar-refractivity contribution is -0.141. The van der Waals surface area contributed by atoms with Crippen molar-refractivity contribution in [1.29, 1.82) is 0 Å². The molecular weight excluding hydrogens is 230 g/mol. The summed E-state index contributed by atoms with van der Waals surface area (Å²) in [5, 5.41) is 1.05. The summed E-state index contributed by atoms with van der Waals surface area (Å²) in [6.07, 6.45) is 2.41. The maximum absolute atomic E-state index is 10.6. The van der Waals surface area contributed by atoms with Gasteiger partial charge in [-0.25, -0.2) is 0 Å². The third kappa shape index (κ3) is 3.20. The van der Waals surface area contributed by atoms with E-state index in [4.69, 9.17) is 9.47 Å². The first-order valence-electron chi connectivity index (χ1n) is 5.87. The van der Waals surface area contributed by atoms with E-state index in [-0.39, 0.29) is 5.97 Å². The summed E-state index contributed by atoms with van der Waals surface area (Å²) < 4.78 is 10.5. The molecule has 0 spiro atoms. The van der Waals surface area contributed by atoms with Crippen LogP contribution in [0.2, 0.25) is 0 Å². The van der Waals surface area contributed by atoms with Crippen LogP contribution < -0.4 is 4.74 Å². The third-order valence-electron chi connectivity index (χ3n) is 2.45. The maximum Gasteiger partial charge on any atom is 0.302 e. The number of aromatic nitrogens is 1. The van der Waals surface area contributed by atoms with Crippen LogP contribution in [-0.4, -0.2) is 24.2 Å². The van der Waals surface area contributed by atoms with E-state index in [1.54, 1.807) is 6.20 Å². The van der Waals surface area contributed by atoms with Crippen molar-refractivity contribution in [3.8, 4) is 5.75 Å². The fraction of sp³-hybridized carbons (Fsp3) is 0.286. The summed E-state index contributed by atoms with van der Waals surface area (Å²) in [6, 6.07) is 9.71. The molecule has 0 saturated carbocycles. The predicted octanol–water partition coefficient (Wildman–Crippen LogP) is 2.57. The van der Waals surface area contributed by atoms with Crippen LogP contribution >= 0.6 is 0 Å². The number of ether oxygens (including phenoxy) is 2. The molecule has 4 nitrogen and oxygen atoms in total. The molecule has 0 bridgehead atoms. The minimum atomic E-state index is -0.262. The van der Waals surface area contributed by atoms with Gasteiger partial charge in [0.2, 0.25) is 0 Å². The quantitative estimate of drug-likeness (QED) is 0.600. The van der Waals surface area contributed by atoms with Crippen LogP contribution in [0.25, 0.3) is 10.9 Å². The van der Waals surface area contributed by atoms with E-state index in [9.17, 15) is 4.79 Å². The Bertz CT molecular complexity index is 534. The first kappa shape index (κ1) is 12.4. The normalized spacial score (nSPS) is 10.3. The standard InChI is InChI=1S/C14H15NO3/c1-11(16)17-9-4-10-18-13-7-2-5-12-6-3-8-15-14(12)13/h2-3,5-8H,4,9-10H2,1H3. The minimum absolute atomic E-state index is 0.262. The van der Waals surface area contributed by atoms with Crippen molar-refractivity contribution in [2.24, 2.45) is 0 Å². The van der Waals surface area contributed by atoms with E-state index in [1.165, 1.54) is 6.92 Å². The van der Waals surface area contributed by atoms with Gasteiger partial charge >= 0.3 is 5.97 Å². The number of carbonyl (C=O) groups excluding carboxylic acids is 1. The highest BCUT2D eigenvalue weighted by Crippen LogP contribution is 2.22. The highest BCUT2D eigenvalue weighted by atomic mass is 16.5. The minimum Gasteiger partial charge on any atom is -0.491 e. The molecule has 2 aromatic rings. The van der Waals surface area contributed by atoms with Gasteiger partial charge in [0.05, 0.1) is 13.2 Å². The Balaban J connectivity index is 1.93. The zero-order chi connectivity index (χ0) is 12.8. The van der Waals surface area contributed by atoms with Crippen molar-refractivity contribution >= 4 is 16.9 Å². The summed E-state index contributed by atoms with van der Waals surface area (Å²) in [5.41, 5.74) is 0.854. The number of para-hydroxylation sites is 1. The van der Waals surface area contributed by atoms with Gasteiger partial charge in [0, 0.05) is 24.9 Å². The van der Waals surface area contributed by atoms with Crippen LogP contribution in [-0.2, 0) is 9.53 Å². The highest BCUT2D eigenvalue weighted by Gasteiger charge is 2.02. The molecule has 2 rings (SSSR count). The van der Waals surface area contributed by atoms with Gasteiger partial charge < -0.3 is 9.47 Å². The predicted molar refractivity (Wildman–Crippen MR) is 68.5 cm³/mol. The Morgan fingerprint density at radius 2 is 2.06 bits per heavy atom. The molecule has 1 heterocycles. The topological polar surface area (TPSA) is 48.4 Å².